The summed E-state index contributed by atoms with van der Waals surface area (Å²) in [5.74, 6) is -0.500. The van der Waals surface area contributed by atoms with E-state index in [2.05, 4.69) is 17.1 Å². The third kappa shape index (κ3) is 2.23. The lowest BCUT2D eigenvalue weighted by Crippen LogP contribution is -2.03. The maximum atomic E-state index is 13.7. The lowest BCUT2D eigenvalue weighted by Gasteiger charge is -2.15. The zero-order valence-electron chi connectivity index (χ0n) is 11.1. The van der Waals surface area contributed by atoms with Gasteiger partial charge in [-0.15, -0.1) is 11.3 Å². The molecule has 106 valence electrons. The van der Waals surface area contributed by atoms with Gasteiger partial charge in [-0.05, 0) is 22.4 Å². The summed E-state index contributed by atoms with van der Waals surface area (Å²) in [7, 11) is 0. The molecule has 0 unspecified atom stereocenters. The Morgan fingerprint density at radius 2 is 2.00 bits per heavy atom. The van der Waals surface area contributed by atoms with Crippen LogP contribution in [0.2, 0.25) is 0 Å². The second-order valence-corrected chi connectivity index (χ2v) is 5.73. The Labute approximate surface area is 125 Å². The van der Waals surface area contributed by atoms with Crippen molar-refractivity contribution in [1.29, 1.82) is 0 Å². The van der Waals surface area contributed by atoms with Crippen molar-refractivity contribution in [2.45, 2.75) is 6.29 Å². The highest BCUT2D eigenvalue weighted by Gasteiger charge is 2.23. The summed E-state index contributed by atoms with van der Waals surface area (Å²) in [6, 6.07) is 9.53. The van der Waals surface area contributed by atoms with Gasteiger partial charge in [-0.25, -0.2) is 4.98 Å². The minimum Gasteiger partial charge on any atom is -0.346 e. The van der Waals surface area contributed by atoms with Gasteiger partial charge in [-0.2, -0.15) is 4.39 Å². The van der Waals surface area contributed by atoms with Crippen molar-refractivity contribution < 1.29 is 13.9 Å². The van der Waals surface area contributed by atoms with Gasteiger partial charge in [0.25, 0.3) is 0 Å². The zero-order valence-corrected chi connectivity index (χ0v) is 11.9. The number of hydrogen-bond acceptors (Lipinski definition) is 4. The number of pyridine rings is 1. The molecule has 1 saturated heterocycles. The van der Waals surface area contributed by atoms with E-state index < -0.39 is 12.2 Å². The molecule has 1 aromatic carbocycles. The smallest absolute Gasteiger partial charge is 0.213 e. The van der Waals surface area contributed by atoms with Crippen LogP contribution in [0.5, 0.6) is 0 Å². The van der Waals surface area contributed by atoms with Gasteiger partial charge in [0, 0.05) is 28.1 Å². The van der Waals surface area contributed by atoms with Crippen LogP contribution < -0.4 is 0 Å². The fourth-order valence-corrected chi connectivity index (χ4v) is 3.53. The van der Waals surface area contributed by atoms with Crippen molar-refractivity contribution in [3.8, 4) is 11.1 Å². The van der Waals surface area contributed by atoms with Crippen LogP contribution in [0.4, 0.5) is 4.39 Å². The van der Waals surface area contributed by atoms with E-state index in [1.165, 1.54) is 12.3 Å². The first-order chi connectivity index (χ1) is 10.3. The minimum absolute atomic E-state index is 0.469. The molecular weight excluding hydrogens is 289 g/mol. The molecule has 3 aromatic rings. The van der Waals surface area contributed by atoms with Crippen molar-refractivity contribution in [1.82, 2.24) is 4.98 Å². The highest BCUT2D eigenvalue weighted by molar-refractivity contribution is 7.17. The molecule has 2 aromatic heterocycles. The van der Waals surface area contributed by atoms with E-state index in [4.69, 9.17) is 9.47 Å². The average molecular weight is 301 g/mol. The summed E-state index contributed by atoms with van der Waals surface area (Å²) >= 11 is 1.64. The molecule has 1 aliphatic rings. The van der Waals surface area contributed by atoms with Gasteiger partial charge in [0.05, 0.1) is 13.2 Å². The van der Waals surface area contributed by atoms with Crippen LogP contribution in [-0.2, 0) is 9.47 Å². The predicted octanol–water partition coefficient (Wildman–Crippen LogP) is 4.15. The highest BCUT2D eigenvalue weighted by atomic mass is 32.1. The molecule has 0 atom stereocenters. The number of ether oxygens (including phenoxy) is 2. The van der Waals surface area contributed by atoms with Crippen LogP contribution >= 0.6 is 11.3 Å². The Bertz CT molecular complexity index is 796. The first kappa shape index (κ1) is 12.9. The highest BCUT2D eigenvalue weighted by Crippen LogP contribution is 2.38. The molecule has 1 aliphatic heterocycles. The first-order valence-electron chi connectivity index (χ1n) is 6.68. The molecule has 0 aliphatic carbocycles. The molecule has 0 radical (unpaired) electrons. The maximum absolute atomic E-state index is 13.7. The summed E-state index contributed by atoms with van der Waals surface area (Å²) in [6.07, 6.45) is 1.04. The second kappa shape index (κ2) is 5.18. The summed E-state index contributed by atoms with van der Waals surface area (Å²) in [6.45, 7) is 1.09. The molecular formula is C16H12FNO2S. The van der Waals surface area contributed by atoms with Crippen molar-refractivity contribution >= 4 is 21.4 Å². The van der Waals surface area contributed by atoms with Crippen LogP contribution in [0, 0.1) is 5.95 Å². The number of rotatable bonds is 2. The van der Waals surface area contributed by atoms with Crippen LogP contribution in [-0.4, -0.2) is 18.2 Å². The SMILES string of the molecule is Fc1cc(-c2cccc3ccsc23)c(C2OCCO2)cn1. The van der Waals surface area contributed by atoms with Crippen LogP contribution in [0.3, 0.4) is 0 Å². The number of fused-ring (bicyclic) bond motifs is 1. The third-order valence-corrected chi connectivity index (χ3v) is 4.51. The Balaban J connectivity index is 1.94. The molecule has 21 heavy (non-hydrogen) atoms. The number of benzene rings is 1. The van der Waals surface area contributed by atoms with E-state index in [1.54, 1.807) is 11.3 Å². The largest absolute Gasteiger partial charge is 0.346 e. The van der Waals surface area contributed by atoms with Crippen molar-refractivity contribution in [3.05, 3.63) is 53.4 Å². The molecule has 1 fully saturated rings. The Morgan fingerprint density at radius 1 is 1.14 bits per heavy atom. The van der Waals surface area contributed by atoms with Crippen LogP contribution in [0.1, 0.15) is 11.9 Å². The number of halogens is 1. The van der Waals surface area contributed by atoms with Gasteiger partial charge in [0.1, 0.15) is 0 Å². The van der Waals surface area contributed by atoms with Crippen LogP contribution in [0.25, 0.3) is 21.2 Å². The Hall–Kier alpha value is -1.82. The molecule has 0 spiro atoms. The summed E-state index contributed by atoms with van der Waals surface area (Å²) in [5, 5.41) is 3.18. The Kier molecular flexibility index (Phi) is 3.18. The predicted molar refractivity (Wildman–Crippen MR) is 79.7 cm³/mol. The monoisotopic (exact) mass is 301 g/mol. The minimum atomic E-state index is -0.500. The molecule has 0 N–H and O–H groups in total. The van der Waals surface area contributed by atoms with E-state index in [0.29, 0.717) is 13.2 Å². The molecule has 3 heterocycles. The Morgan fingerprint density at radius 3 is 2.86 bits per heavy atom. The van der Waals surface area contributed by atoms with E-state index in [1.807, 2.05) is 17.5 Å². The third-order valence-electron chi connectivity index (χ3n) is 3.55. The summed E-state index contributed by atoms with van der Waals surface area (Å²) in [4.78, 5) is 3.75. The molecule has 0 bridgehead atoms. The van der Waals surface area contributed by atoms with Gasteiger partial charge in [-0.1, -0.05) is 18.2 Å². The molecule has 0 amide bonds. The van der Waals surface area contributed by atoms with Gasteiger partial charge < -0.3 is 9.47 Å². The van der Waals surface area contributed by atoms with Gasteiger partial charge >= 0.3 is 0 Å². The van der Waals surface area contributed by atoms with E-state index in [-0.39, 0.29) is 0 Å². The fraction of sp³-hybridized carbons (Fsp3) is 0.188. The molecule has 3 nitrogen and oxygen atoms in total. The number of thiophene rings is 1. The van der Waals surface area contributed by atoms with Crippen molar-refractivity contribution in [2.75, 3.05) is 13.2 Å². The van der Waals surface area contributed by atoms with E-state index in [9.17, 15) is 4.39 Å². The number of nitrogens with zero attached hydrogens (tertiary/aromatic N) is 1. The molecule has 5 heteroatoms. The summed E-state index contributed by atoms with van der Waals surface area (Å²) in [5.41, 5.74) is 2.54. The second-order valence-electron chi connectivity index (χ2n) is 4.81. The molecule has 4 rings (SSSR count). The van der Waals surface area contributed by atoms with Crippen molar-refractivity contribution in [3.63, 3.8) is 0 Å². The topological polar surface area (TPSA) is 31.4 Å². The van der Waals surface area contributed by atoms with Gasteiger partial charge in [-0.3, -0.25) is 0 Å². The maximum Gasteiger partial charge on any atom is 0.213 e. The lowest BCUT2D eigenvalue weighted by atomic mass is 10.00. The normalized spacial score (nSPS) is 15.9. The average Bonchev–Trinajstić information content (AvgIpc) is 3.18. The van der Waals surface area contributed by atoms with Gasteiger partial charge in [0.15, 0.2) is 6.29 Å². The molecule has 0 saturated carbocycles. The van der Waals surface area contributed by atoms with E-state index in [0.717, 1.165) is 26.8 Å². The first-order valence-corrected chi connectivity index (χ1v) is 7.56. The van der Waals surface area contributed by atoms with E-state index >= 15 is 0 Å². The number of hydrogen-bond donors (Lipinski definition) is 0. The zero-order chi connectivity index (χ0) is 14.2. The fourth-order valence-electron chi connectivity index (χ4n) is 2.60. The lowest BCUT2D eigenvalue weighted by molar-refractivity contribution is -0.0439. The summed E-state index contributed by atoms with van der Waals surface area (Å²) < 4.78 is 25.9. The van der Waals surface area contributed by atoms with Gasteiger partial charge in [0.2, 0.25) is 5.95 Å². The number of aromatic nitrogens is 1. The quantitative estimate of drug-likeness (QED) is 0.666. The van der Waals surface area contributed by atoms with Crippen molar-refractivity contribution in [2.24, 2.45) is 0 Å². The standard InChI is InChI=1S/C16H12FNO2S/c17-14-8-12(13(9-18-14)16-19-5-6-20-16)11-3-1-2-10-4-7-21-15(10)11/h1-4,7-9,16H,5-6H2. The van der Waals surface area contributed by atoms with Crippen LogP contribution in [0.15, 0.2) is 41.9 Å².